The topological polar surface area (TPSA) is 41.1 Å². The molecule has 1 fully saturated rings. The summed E-state index contributed by atoms with van der Waals surface area (Å²) in [5.74, 6) is 1.57. The van der Waals surface area contributed by atoms with Crippen LogP contribution < -0.4 is 10.6 Å². The third-order valence-corrected chi connectivity index (χ3v) is 4.21. The van der Waals surface area contributed by atoms with Gasteiger partial charge in [0.05, 0.1) is 0 Å². The Morgan fingerprint density at radius 3 is 2.15 bits per heavy atom. The second-order valence-electron chi connectivity index (χ2n) is 8.38. The maximum Gasteiger partial charge on any atom is 0.217 e. The van der Waals surface area contributed by atoms with Crippen LogP contribution >= 0.6 is 0 Å². The van der Waals surface area contributed by atoms with Gasteiger partial charge in [0.15, 0.2) is 0 Å². The molecule has 0 saturated carbocycles. The first-order valence-corrected chi connectivity index (χ1v) is 8.08. The molecule has 0 radical (unpaired) electrons. The zero-order chi connectivity index (χ0) is 15.4. The molecule has 1 rings (SSSR count). The quantitative estimate of drug-likeness (QED) is 0.812. The van der Waals surface area contributed by atoms with Crippen molar-refractivity contribution >= 4 is 5.91 Å². The number of carbonyl (C=O) groups excluding carboxylic acids is 1. The van der Waals surface area contributed by atoms with Crippen LogP contribution in [0.1, 0.15) is 67.2 Å². The van der Waals surface area contributed by atoms with Crippen molar-refractivity contribution in [2.75, 3.05) is 13.1 Å². The summed E-state index contributed by atoms with van der Waals surface area (Å²) in [4.78, 5) is 11.4. The van der Waals surface area contributed by atoms with Crippen LogP contribution in [-0.2, 0) is 4.79 Å². The summed E-state index contributed by atoms with van der Waals surface area (Å²) in [6.07, 6.45) is 4.86. The zero-order valence-corrected chi connectivity index (χ0v) is 14.3. The molecule has 118 valence electrons. The standard InChI is InChI=1S/C17H34N2O/c1-13(20)19-17(5,6)12-15(11-16(2,3)4)14-7-9-18-10-8-14/h14-15,18H,7-12H2,1-6H3,(H,19,20)/t15-/m0/s1. The molecule has 1 aliphatic heterocycles. The zero-order valence-electron chi connectivity index (χ0n) is 14.3. The minimum absolute atomic E-state index is 0.0785. The fourth-order valence-corrected chi connectivity index (χ4v) is 3.69. The second kappa shape index (κ2) is 6.93. The van der Waals surface area contributed by atoms with E-state index in [0.717, 1.165) is 25.4 Å². The lowest BCUT2D eigenvalue weighted by molar-refractivity contribution is -0.120. The number of piperidine rings is 1. The van der Waals surface area contributed by atoms with E-state index in [1.807, 2.05) is 0 Å². The third-order valence-electron chi connectivity index (χ3n) is 4.21. The Labute approximate surface area is 125 Å². The van der Waals surface area contributed by atoms with Crippen LogP contribution in [0.4, 0.5) is 0 Å². The van der Waals surface area contributed by atoms with Crippen molar-refractivity contribution in [2.45, 2.75) is 72.8 Å². The summed E-state index contributed by atoms with van der Waals surface area (Å²) in [5, 5.41) is 6.58. The molecule has 0 unspecified atom stereocenters. The van der Waals surface area contributed by atoms with Gasteiger partial charge in [-0.25, -0.2) is 0 Å². The number of carbonyl (C=O) groups is 1. The van der Waals surface area contributed by atoms with Crippen LogP contribution in [-0.4, -0.2) is 24.5 Å². The lowest BCUT2D eigenvalue weighted by Gasteiger charge is -2.39. The first kappa shape index (κ1) is 17.5. The first-order chi connectivity index (χ1) is 9.09. The molecule has 1 atom stereocenters. The van der Waals surface area contributed by atoms with Crippen molar-refractivity contribution in [3.63, 3.8) is 0 Å². The van der Waals surface area contributed by atoms with Gasteiger partial charge in [0.2, 0.25) is 5.91 Å². The Bertz CT molecular complexity index is 311. The summed E-state index contributed by atoms with van der Waals surface area (Å²) in [5.41, 5.74) is 0.245. The van der Waals surface area contributed by atoms with E-state index in [-0.39, 0.29) is 11.4 Å². The van der Waals surface area contributed by atoms with Gasteiger partial charge in [-0.15, -0.1) is 0 Å². The predicted octanol–water partition coefficient (Wildman–Crippen LogP) is 3.34. The number of amides is 1. The van der Waals surface area contributed by atoms with Crippen LogP contribution in [0.25, 0.3) is 0 Å². The number of hydrogen-bond donors (Lipinski definition) is 2. The molecule has 1 saturated heterocycles. The van der Waals surface area contributed by atoms with Gasteiger partial charge in [-0.1, -0.05) is 20.8 Å². The molecule has 2 N–H and O–H groups in total. The molecule has 0 aromatic carbocycles. The molecular weight excluding hydrogens is 248 g/mol. The van der Waals surface area contributed by atoms with E-state index >= 15 is 0 Å². The maximum absolute atomic E-state index is 11.4. The molecule has 1 aliphatic rings. The SMILES string of the molecule is CC(=O)NC(C)(C)C[C@H](CC(C)(C)C)C1CCNCC1. The maximum atomic E-state index is 11.4. The Morgan fingerprint density at radius 2 is 1.70 bits per heavy atom. The molecule has 1 amide bonds. The van der Waals surface area contributed by atoms with E-state index in [1.165, 1.54) is 19.3 Å². The van der Waals surface area contributed by atoms with E-state index < -0.39 is 0 Å². The van der Waals surface area contributed by atoms with Crippen LogP contribution in [0.15, 0.2) is 0 Å². The largest absolute Gasteiger partial charge is 0.351 e. The van der Waals surface area contributed by atoms with E-state index in [9.17, 15) is 4.79 Å². The molecule has 0 spiro atoms. The highest BCUT2D eigenvalue weighted by atomic mass is 16.1. The van der Waals surface area contributed by atoms with Crippen molar-refractivity contribution in [1.29, 1.82) is 0 Å². The lowest BCUT2D eigenvalue weighted by Crippen LogP contribution is -2.45. The van der Waals surface area contributed by atoms with Gasteiger partial charge < -0.3 is 10.6 Å². The monoisotopic (exact) mass is 282 g/mol. The van der Waals surface area contributed by atoms with Crippen LogP contribution in [0, 0.1) is 17.3 Å². The Kier molecular flexibility index (Phi) is 6.06. The summed E-state index contributed by atoms with van der Waals surface area (Å²) < 4.78 is 0. The number of rotatable bonds is 5. The van der Waals surface area contributed by atoms with Gasteiger partial charge in [0.1, 0.15) is 0 Å². The molecule has 20 heavy (non-hydrogen) atoms. The van der Waals surface area contributed by atoms with Crippen LogP contribution in [0.2, 0.25) is 0 Å². The van der Waals surface area contributed by atoms with Crippen molar-refractivity contribution in [1.82, 2.24) is 10.6 Å². The minimum atomic E-state index is -0.105. The van der Waals surface area contributed by atoms with E-state index in [4.69, 9.17) is 0 Å². The van der Waals surface area contributed by atoms with Crippen molar-refractivity contribution < 1.29 is 4.79 Å². The fraction of sp³-hybridized carbons (Fsp3) is 0.941. The first-order valence-electron chi connectivity index (χ1n) is 8.08. The van der Waals surface area contributed by atoms with E-state index in [1.54, 1.807) is 6.92 Å². The number of hydrogen-bond acceptors (Lipinski definition) is 2. The second-order valence-corrected chi connectivity index (χ2v) is 8.38. The van der Waals surface area contributed by atoms with Crippen LogP contribution in [0.3, 0.4) is 0 Å². The van der Waals surface area contributed by atoms with Gasteiger partial charge in [0, 0.05) is 12.5 Å². The molecule has 3 heteroatoms. The summed E-state index contributed by atoms with van der Waals surface area (Å²) in [7, 11) is 0. The third kappa shape index (κ3) is 6.74. The van der Waals surface area contributed by atoms with Crippen molar-refractivity contribution in [3.8, 4) is 0 Å². The molecule has 3 nitrogen and oxygen atoms in total. The average Bonchev–Trinajstić information content (AvgIpc) is 2.25. The molecule has 0 aromatic rings. The highest BCUT2D eigenvalue weighted by Gasteiger charge is 2.32. The Morgan fingerprint density at radius 1 is 1.15 bits per heavy atom. The molecule has 0 bridgehead atoms. The molecular formula is C17H34N2O. The summed E-state index contributed by atoms with van der Waals surface area (Å²) in [6.45, 7) is 15.2. The van der Waals surface area contributed by atoms with Crippen molar-refractivity contribution in [3.05, 3.63) is 0 Å². The highest BCUT2D eigenvalue weighted by molar-refractivity contribution is 5.73. The Balaban J connectivity index is 2.73. The fourth-order valence-electron chi connectivity index (χ4n) is 3.69. The predicted molar refractivity (Wildman–Crippen MR) is 85.7 cm³/mol. The van der Waals surface area contributed by atoms with Crippen molar-refractivity contribution in [2.24, 2.45) is 17.3 Å². The summed E-state index contributed by atoms with van der Waals surface area (Å²) >= 11 is 0. The average molecular weight is 282 g/mol. The number of nitrogens with one attached hydrogen (secondary N) is 2. The minimum Gasteiger partial charge on any atom is -0.351 e. The summed E-state index contributed by atoms with van der Waals surface area (Å²) in [6, 6.07) is 0. The normalized spacial score (nSPS) is 19.7. The van der Waals surface area contributed by atoms with Gasteiger partial charge in [-0.3, -0.25) is 4.79 Å². The van der Waals surface area contributed by atoms with Gasteiger partial charge in [-0.2, -0.15) is 0 Å². The van der Waals surface area contributed by atoms with Gasteiger partial charge >= 0.3 is 0 Å². The lowest BCUT2D eigenvalue weighted by atomic mass is 9.71. The van der Waals surface area contributed by atoms with Gasteiger partial charge in [-0.05, 0) is 69.9 Å². The Hall–Kier alpha value is -0.570. The van der Waals surface area contributed by atoms with Gasteiger partial charge in [0.25, 0.3) is 0 Å². The van der Waals surface area contributed by atoms with E-state index in [0.29, 0.717) is 11.3 Å². The smallest absolute Gasteiger partial charge is 0.217 e. The highest BCUT2D eigenvalue weighted by Crippen LogP contribution is 2.37. The molecule has 0 aromatic heterocycles. The van der Waals surface area contributed by atoms with E-state index in [2.05, 4.69) is 45.3 Å². The molecule has 1 heterocycles. The van der Waals surface area contributed by atoms with Crippen LogP contribution in [0.5, 0.6) is 0 Å². The molecule has 0 aliphatic carbocycles.